The van der Waals surface area contributed by atoms with E-state index in [-0.39, 0.29) is 18.4 Å². The number of hydrogen-bond donors (Lipinski definition) is 1. The number of aliphatic carboxylic acids is 1. The Balaban J connectivity index is 2.04. The van der Waals surface area contributed by atoms with Gasteiger partial charge in [0.05, 0.1) is 0 Å². The van der Waals surface area contributed by atoms with Crippen molar-refractivity contribution in [3.63, 3.8) is 0 Å². The lowest BCUT2D eigenvalue weighted by Crippen LogP contribution is -2.47. The third-order valence-corrected chi connectivity index (χ3v) is 4.44. The van der Waals surface area contributed by atoms with Crippen molar-refractivity contribution < 1.29 is 29.0 Å². The molecule has 7 heteroatoms. The van der Waals surface area contributed by atoms with E-state index in [9.17, 15) is 19.5 Å². The minimum absolute atomic E-state index is 0.0866. The van der Waals surface area contributed by atoms with Crippen LogP contribution in [0, 0.1) is 5.92 Å². The first-order valence-electron chi connectivity index (χ1n) is 7.85. The molecule has 0 unspecified atom stereocenters. The second-order valence-electron chi connectivity index (χ2n) is 5.90. The Kier molecular flexibility index (Phi) is 5.26. The number of carbonyl (C=O) groups excluding carboxylic acids is 2. The summed E-state index contributed by atoms with van der Waals surface area (Å²) in [6.45, 7) is 3.10. The predicted molar refractivity (Wildman–Crippen MR) is 76.0 cm³/mol. The Bertz CT molecular complexity index is 451. The van der Waals surface area contributed by atoms with E-state index < -0.39 is 30.4 Å². The highest BCUT2D eigenvalue weighted by atomic mass is 16.7. The summed E-state index contributed by atoms with van der Waals surface area (Å²) in [7, 11) is 0. The molecule has 1 aliphatic carbocycles. The van der Waals surface area contributed by atoms with Gasteiger partial charge in [-0.2, -0.15) is 0 Å². The number of nitrogens with zero attached hydrogens (tertiary/aromatic N) is 1. The molecule has 0 bridgehead atoms. The maximum absolute atomic E-state index is 12.3. The van der Waals surface area contributed by atoms with Crippen LogP contribution < -0.4 is 0 Å². The molecule has 1 aliphatic heterocycles. The van der Waals surface area contributed by atoms with E-state index >= 15 is 0 Å². The standard InChI is InChI=1S/C15H23NO6/c1-3-13(17)21-9(2)22-15(20)16-11-7-5-4-6-10(11)8-12(16)14(18)19/h9-12H,3-8H2,1-2H3,(H,18,19)/t9-,10+,11+,12+/m1/s1. The number of carboxylic acid groups (broad SMARTS) is 1. The van der Waals surface area contributed by atoms with Crippen molar-refractivity contribution in [1.29, 1.82) is 0 Å². The van der Waals surface area contributed by atoms with Gasteiger partial charge in [0.2, 0.25) is 6.29 Å². The van der Waals surface area contributed by atoms with Gasteiger partial charge in [-0.1, -0.05) is 19.8 Å². The minimum Gasteiger partial charge on any atom is -0.480 e. The zero-order valence-corrected chi connectivity index (χ0v) is 13.0. The molecule has 0 aromatic heterocycles. The van der Waals surface area contributed by atoms with Gasteiger partial charge in [-0.25, -0.2) is 9.59 Å². The van der Waals surface area contributed by atoms with Gasteiger partial charge in [0.1, 0.15) is 6.04 Å². The van der Waals surface area contributed by atoms with Crippen LogP contribution in [0.25, 0.3) is 0 Å². The van der Waals surface area contributed by atoms with Gasteiger partial charge in [0, 0.05) is 19.4 Å². The van der Waals surface area contributed by atoms with Crippen molar-refractivity contribution in [2.75, 3.05) is 0 Å². The fourth-order valence-corrected chi connectivity index (χ4v) is 3.44. The molecule has 1 heterocycles. The molecule has 2 fully saturated rings. The number of hydrogen-bond acceptors (Lipinski definition) is 5. The summed E-state index contributed by atoms with van der Waals surface area (Å²) in [5, 5.41) is 9.36. The van der Waals surface area contributed by atoms with Gasteiger partial charge in [0.25, 0.3) is 0 Å². The zero-order valence-electron chi connectivity index (χ0n) is 13.0. The molecular weight excluding hydrogens is 290 g/mol. The molecule has 0 aromatic rings. The van der Waals surface area contributed by atoms with Gasteiger partial charge < -0.3 is 14.6 Å². The van der Waals surface area contributed by atoms with Crippen LogP contribution in [-0.2, 0) is 19.1 Å². The van der Waals surface area contributed by atoms with Crippen molar-refractivity contribution in [1.82, 2.24) is 4.90 Å². The first kappa shape index (κ1) is 16.6. The maximum atomic E-state index is 12.3. The molecule has 2 rings (SSSR count). The number of amides is 1. The van der Waals surface area contributed by atoms with Crippen LogP contribution in [0.15, 0.2) is 0 Å². The molecule has 1 N–H and O–H groups in total. The molecule has 1 saturated carbocycles. The van der Waals surface area contributed by atoms with Gasteiger partial charge in [0.15, 0.2) is 0 Å². The average molecular weight is 313 g/mol. The van der Waals surface area contributed by atoms with Gasteiger partial charge >= 0.3 is 18.0 Å². The topological polar surface area (TPSA) is 93.1 Å². The molecule has 7 nitrogen and oxygen atoms in total. The minimum atomic E-state index is -1.02. The number of likely N-dealkylation sites (tertiary alicyclic amines) is 1. The Hall–Kier alpha value is -1.79. The monoisotopic (exact) mass is 313 g/mol. The fraction of sp³-hybridized carbons (Fsp3) is 0.800. The van der Waals surface area contributed by atoms with E-state index in [4.69, 9.17) is 9.47 Å². The summed E-state index contributed by atoms with van der Waals surface area (Å²) < 4.78 is 10.0. The number of esters is 1. The molecule has 0 aromatic carbocycles. The molecule has 1 saturated heterocycles. The first-order chi connectivity index (χ1) is 10.4. The van der Waals surface area contributed by atoms with Crippen molar-refractivity contribution in [3.05, 3.63) is 0 Å². The van der Waals surface area contributed by atoms with Crippen LogP contribution in [0.5, 0.6) is 0 Å². The SMILES string of the molecule is CCC(=O)O[C@@H](C)OC(=O)N1[C@H](C(=O)O)C[C@@H]2CCCC[C@@H]21. The van der Waals surface area contributed by atoms with E-state index in [0.717, 1.165) is 25.7 Å². The van der Waals surface area contributed by atoms with E-state index in [2.05, 4.69) is 0 Å². The van der Waals surface area contributed by atoms with Gasteiger partial charge in [-0.05, 0) is 25.2 Å². The first-order valence-corrected chi connectivity index (χ1v) is 7.85. The van der Waals surface area contributed by atoms with Crippen molar-refractivity contribution in [2.45, 2.75) is 70.7 Å². The molecule has 4 atom stereocenters. The maximum Gasteiger partial charge on any atom is 0.413 e. The summed E-state index contributed by atoms with van der Waals surface area (Å²) in [6, 6.07) is -0.939. The molecule has 124 valence electrons. The highest BCUT2D eigenvalue weighted by Crippen LogP contribution is 2.40. The van der Waals surface area contributed by atoms with Crippen LogP contribution in [0.3, 0.4) is 0 Å². The Morgan fingerprint density at radius 1 is 1.23 bits per heavy atom. The third-order valence-electron chi connectivity index (χ3n) is 4.44. The normalized spacial score (nSPS) is 28.6. The second kappa shape index (κ2) is 6.98. The molecule has 0 radical (unpaired) electrons. The zero-order chi connectivity index (χ0) is 16.3. The number of fused-ring (bicyclic) bond motifs is 1. The Labute approximate surface area is 129 Å². The second-order valence-corrected chi connectivity index (χ2v) is 5.90. The van der Waals surface area contributed by atoms with E-state index in [1.54, 1.807) is 6.92 Å². The van der Waals surface area contributed by atoms with Crippen LogP contribution in [0.2, 0.25) is 0 Å². The lowest BCUT2D eigenvalue weighted by Gasteiger charge is -2.32. The van der Waals surface area contributed by atoms with Crippen molar-refractivity contribution in [3.8, 4) is 0 Å². The van der Waals surface area contributed by atoms with E-state index in [0.29, 0.717) is 6.42 Å². The smallest absolute Gasteiger partial charge is 0.413 e. The summed E-state index contributed by atoms with van der Waals surface area (Å²) in [5.74, 6) is -1.26. The number of rotatable bonds is 4. The average Bonchev–Trinajstić information content (AvgIpc) is 2.86. The molecule has 1 amide bonds. The predicted octanol–water partition coefficient (Wildman–Crippen LogP) is 2.14. The molecular formula is C15H23NO6. The van der Waals surface area contributed by atoms with Crippen LogP contribution >= 0.6 is 0 Å². The van der Waals surface area contributed by atoms with Gasteiger partial charge in [-0.3, -0.25) is 9.69 Å². The van der Waals surface area contributed by atoms with Crippen molar-refractivity contribution in [2.24, 2.45) is 5.92 Å². The summed E-state index contributed by atoms with van der Waals surface area (Å²) in [5.41, 5.74) is 0. The van der Waals surface area contributed by atoms with Crippen LogP contribution in [-0.4, -0.2) is 46.4 Å². The van der Waals surface area contributed by atoms with E-state index in [1.165, 1.54) is 11.8 Å². The fourth-order valence-electron chi connectivity index (χ4n) is 3.44. The van der Waals surface area contributed by atoms with Crippen molar-refractivity contribution >= 4 is 18.0 Å². The summed E-state index contributed by atoms with van der Waals surface area (Å²) >= 11 is 0. The quantitative estimate of drug-likeness (QED) is 0.631. The van der Waals surface area contributed by atoms with Crippen LogP contribution in [0.1, 0.15) is 52.4 Å². The van der Waals surface area contributed by atoms with E-state index in [1.807, 2.05) is 0 Å². The lowest BCUT2D eigenvalue weighted by atomic mass is 9.85. The Morgan fingerprint density at radius 3 is 2.55 bits per heavy atom. The van der Waals surface area contributed by atoms with Gasteiger partial charge in [-0.15, -0.1) is 0 Å². The number of carbonyl (C=O) groups is 3. The highest BCUT2D eigenvalue weighted by molar-refractivity contribution is 5.81. The molecule has 0 spiro atoms. The molecule has 2 aliphatic rings. The summed E-state index contributed by atoms with van der Waals surface area (Å²) in [4.78, 5) is 36.3. The highest BCUT2D eigenvalue weighted by Gasteiger charge is 2.48. The number of carboxylic acids is 1. The largest absolute Gasteiger partial charge is 0.480 e. The molecule has 22 heavy (non-hydrogen) atoms. The number of ether oxygens (including phenoxy) is 2. The third kappa shape index (κ3) is 3.51. The van der Waals surface area contributed by atoms with Crippen LogP contribution in [0.4, 0.5) is 4.79 Å². The lowest BCUT2D eigenvalue weighted by molar-refractivity contribution is -0.167. The Morgan fingerprint density at radius 2 is 1.91 bits per heavy atom. The summed E-state index contributed by atoms with van der Waals surface area (Å²) in [6.07, 6.45) is 2.73.